The molecular weight excluding hydrogens is 376 g/mol. The van der Waals surface area contributed by atoms with Gasteiger partial charge in [0.25, 0.3) is 0 Å². The summed E-state index contributed by atoms with van der Waals surface area (Å²) in [6, 6.07) is 8.39. The SMILES string of the molecule is Cc1ccc(-c2nc3c(C)nccn3c2C2=CC=NC(NCC(C)(C)CO)N2)cc1. The van der Waals surface area contributed by atoms with Crippen molar-refractivity contribution in [1.82, 2.24) is 25.0 Å². The lowest BCUT2D eigenvalue weighted by Crippen LogP contribution is -2.46. The number of hydrogen-bond donors (Lipinski definition) is 3. The Bertz CT molecular complexity index is 1110. The molecule has 3 N–H and O–H groups in total. The minimum atomic E-state index is -0.282. The molecule has 0 saturated heterocycles. The van der Waals surface area contributed by atoms with E-state index in [0.29, 0.717) is 6.54 Å². The number of fused-ring (bicyclic) bond motifs is 1. The number of nitrogens with one attached hydrogen (secondary N) is 2. The highest BCUT2D eigenvalue weighted by Crippen LogP contribution is 2.30. The van der Waals surface area contributed by atoms with E-state index in [2.05, 4.69) is 56.2 Å². The number of aliphatic imine (C=N–C) groups is 1. The Balaban J connectivity index is 1.73. The van der Waals surface area contributed by atoms with Gasteiger partial charge in [-0.15, -0.1) is 0 Å². The number of aryl methyl sites for hydroxylation is 2. The summed E-state index contributed by atoms with van der Waals surface area (Å²) in [7, 11) is 0. The summed E-state index contributed by atoms with van der Waals surface area (Å²) in [6.07, 6.45) is 7.22. The fourth-order valence-corrected chi connectivity index (χ4v) is 3.39. The van der Waals surface area contributed by atoms with Crippen molar-refractivity contribution < 1.29 is 5.11 Å². The molecule has 2 aromatic heterocycles. The Morgan fingerprint density at radius 1 is 1.20 bits per heavy atom. The fourth-order valence-electron chi connectivity index (χ4n) is 3.39. The summed E-state index contributed by atoms with van der Waals surface area (Å²) in [4.78, 5) is 13.8. The number of aliphatic hydroxyl groups is 1. The lowest BCUT2D eigenvalue weighted by molar-refractivity contribution is 0.152. The average Bonchev–Trinajstić information content (AvgIpc) is 3.14. The van der Waals surface area contributed by atoms with Crippen molar-refractivity contribution in [3.05, 3.63) is 59.7 Å². The molecule has 7 heteroatoms. The van der Waals surface area contributed by atoms with Crippen LogP contribution in [0.5, 0.6) is 0 Å². The summed E-state index contributed by atoms with van der Waals surface area (Å²) in [5.41, 5.74) is 6.54. The van der Waals surface area contributed by atoms with Gasteiger partial charge in [0.05, 0.1) is 22.8 Å². The van der Waals surface area contributed by atoms with E-state index in [0.717, 1.165) is 34.0 Å². The van der Waals surface area contributed by atoms with Crippen LogP contribution >= 0.6 is 0 Å². The number of benzene rings is 1. The first-order chi connectivity index (χ1) is 14.4. The standard InChI is InChI=1S/C23H28N6O/c1-15-5-7-17(8-6-15)19-20(29-12-11-24-16(2)21(29)28-19)18-9-10-25-22(27-18)26-13-23(3,4)14-30/h5-12,22,26-27,30H,13-14H2,1-4H3. The van der Waals surface area contributed by atoms with Gasteiger partial charge in [0.2, 0.25) is 0 Å². The molecule has 1 atom stereocenters. The number of imidazole rings is 1. The predicted octanol–water partition coefficient (Wildman–Crippen LogP) is 2.92. The van der Waals surface area contributed by atoms with Crippen LogP contribution in [0, 0.1) is 19.3 Å². The maximum Gasteiger partial charge on any atom is 0.173 e. The van der Waals surface area contributed by atoms with Crippen LogP contribution in [0.15, 0.2) is 47.7 Å². The van der Waals surface area contributed by atoms with Crippen molar-refractivity contribution in [2.75, 3.05) is 13.2 Å². The Morgan fingerprint density at radius 2 is 1.97 bits per heavy atom. The third-order valence-corrected chi connectivity index (χ3v) is 5.27. The van der Waals surface area contributed by atoms with Gasteiger partial charge in [-0.25, -0.2) is 4.98 Å². The molecule has 30 heavy (non-hydrogen) atoms. The zero-order valence-corrected chi connectivity index (χ0v) is 17.8. The monoisotopic (exact) mass is 404 g/mol. The minimum absolute atomic E-state index is 0.107. The van der Waals surface area contributed by atoms with E-state index in [9.17, 15) is 5.11 Å². The zero-order chi connectivity index (χ0) is 21.3. The van der Waals surface area contributed by atoms with Crippen LogP contribution in [-0.2, 0) is 0 Å². The molecule has 0 saturated carbocycles. The molecular formula is C23H28N6O. The lowest BCUT2D eigenvalue weighted by Gasteiger charge is -2.27. The van der Waals surface area contributed by atoms with Crippen LogP contribution in [0.4, 0.5) is 0 Å². The Kier molecular flexibility index (Phi) is 5.40. The van der Waals surface area contributed by atoms with Crippen LogP contribution < -0.4 is 10.6 Å². The van der Waals surface area contributed by atoms with E-state index in [1.54, 1.807) is 6.20 Å². The second-order valence-corrected chi connectivity index (χ2v) is 8.51. The molecule has 0 amide bonds. The number of aliphatic hydroxyl groups excluding tert-OH is 1. The Labute approximate surface area is 176 Å². The average molecular weight is 405 g/mol. The largest absolute Gasteiger partial charge is 0.396 e. The second kappa shape index (κ2) is 8.01. The van der Waals surface area contributed by atoms with Crippen LogP contribution in [0.25, 0.3) is 22.6 Å². The third kappa shape index (κ3) is 3.99. The summed E-state index contributed by atoms with van der Waals surface area (Å²) in [5.74, 6) is 0. The van der Waals surface area contributed by atoms with Crippen molar-refractivity contribution >= 4 is 17.6 Å². The van der Waals surface area contributed by atoms with Crippen molar-refractivity contribution in [2.24, 2.45) is 10.4 Å². The van der Waals surface area contributed by atoms with Gasteiger partial charge in [-0.3, -0.25) is 19.7 Å². The highest BCUT2D eigenvalue weighted by atomic mass is 16.3. The molecule has 7 nitrogen and oxygen atoms in total. The van der Waals surface area contributed by atoms with Crippen molar-refractivity contribution in [3.8, 4) is 11.3 Å². The summed E-state index contributed by atoms with van der Waals surface area (Å²) in [5, 5.41) is 16.4. The number of nitrogens with zero attached hydrogens (tertiary/aromatic N) is 4. The Morgan fingerprint density at radius 3 is 2.70 bits per heavy atom. The van der Waals surface area contributed by atoms with E-state index in [-0.39, 0.29) is 18.3 Å². The second-order valence-electron chi connectivity index (χ2n) is 8.51. The molecule has 1 unspecified atom stereocenters. The molecule has 1 aromatic carbocycles. The van der Waals surface area contributed by atoms with Gasteiger partial charge in [0.1, 0.15) is 0 Å². The first-order valence-corrected chi connectivity index (χ1v) is 10.1. The van der Waals surface area contributed by atoms with Crippen LogP contribution in [-0.4, -0.2) is 45.1 Å². The van der Waals surface area contributed by atoms with Gasteiger partial charge < -0.3 is 10.4 Å². The minimum Gasteiger partial charge on any atom is -0.396 e. The molecule has 3 aromatic rings. The van der Waals surface area contributed by atoms with Gasteiger partial charge in [0, 0.05) is 42.7 Å². The highest BCUT2D eigenvalue weighted by molar-refractivity contribution is 5.89. The zero-order valence-electron chi connectivity index (χ0n) is 17.8. The maximum atomic E-state index is 9.52. The van der Waals surface area contributed by atoms with Gasteiger partial charge >= 0.3 is 0 Å². The van der Waals surface area contributed by atoms with Crippen LogP contribution in [0.3, 0.4) is 0 Å². The molecule has 1 aliphatic heterocycles. The number of allylic oxidation sites excluding steroid dienone is 1. The quantitative estimate of drug-likeness (QED) is 0.588. The lowest BCUT2D eigenvalue weighted by atomic mass is 9.95. The maximum absolute atomic E-state index is 9.52. The van der Waals surface area contributed by atoms with E-state index in [4.69, 9.17) is 4.98 Å². The Hall–Kier alpha value is -3.03. The van der Waals surface area contributed by atoms with E-state index >= 15 is 0 Å². The van der Waals surface area contributed by atoms with Crippen molar-refractivity contribution in [2.45, 2.75) is 34.0 Å². The van der Waals surface area contributed by atoms with E-state index < -0.39 is 0 Å². The van der Waals surface area contributed by atoms with E-state index in [1.807, 2.05) is 39.3 Å². The van der Waals surface area contributed by atoms with Gasteiger partial charge in [0.15, 0.2) is 11.9 Å². The summed E-state index contributed by atoms with van der Waals surface area (Å²) >= 11 is 0. The molecule has 0 radical (unpaired) electrons. The number of rotatable bonds is 6. The molecule has 0 aliphatic carbocycles. The molecule has 3 heterocycles. The molecule has 0 bridgehead atoms. The first kappa shape index (κ1) is 20.3. The van der Waals surface area contributed by atoms with Crippen molar-refractivity contribution in [3.63, 3.8) is 0 Å². The van der Waals surface area contributed by atoms with Crippen molar-refractivity contribution in [1.29, 1.82) is 0 Å². The molecule has 1 aliphatic rings. The smallest absolute Gasteiger partial charge is 0.173 e. The fraction of sp³-hybridized carbons (Fsp3) is 0.348. The molecule has 0 fully saturated rings. The molecule has 0 spiro atoms. The predicted molar refractivity (Wildman–Crippen MR) is 120 cm³/mol. The summed E-state index contributed by atoms with van der Waals surface area (Å²) in [6.45, 7) is 8.81. The topological polar surface area (TPSA) is 86.8 Å². The first-order valence-electron chi connectivity index (χ1n) is 10.1. The number of aromatic nitrogens is 3. The summed E-state index contributed by atoms with van der Waals surface area (Å²) < 4.78 is 2.07. The normalized spacial score (nSPS) is 16.6. The van der Waals surface area contributed by atoms with Gasteiger partial charge in [-0.05, 0) is 19.9 Å². The van der Waals surface area contributed by atoms with Crippen LogP contribution in [0.2, 0.25) is 0 Å². The molecule has 156 valence electrons. The highest BCUT2D eigenvalue weighted by Gasteiger charge is 2.23. The number of hydrogen-bond acceptors (Lipinski definition) is 6. The van der Waals surface area contributed by atoms with E-state index in [1.165, 1.54) is 5.56 Å². The third-order valence-electron chi connectivity index (χ3n) is 5.27. The molecule has 4 rings (SSSR count). The van der Waals surface area contributed by atoms with Gasteiger partial charge in [-0.1, -0.05) is 43.7 Å². The van der Waals surface area contributed by atoms with Gasteiger partial charge in [-0.2, -0.15) is 0 Å². The van der Waals surface area contributed by atoms with Crippen LogP contribution in [0.1, 0.15) is 30.8 Å².